The van der Waals surface area contributed by atoms with Crippen LogP contribution in [0, 0.1) is 22.7 Å². The molecule has 14 rings (SSSR count). The Morgan fingerprint density at radius 3 is 1.05 bits per heavy atom. The Labute approximate surface area is 463 Å². The summed E-state index contributed by atoms with van der Waals surface area (Å²) in [5, 5.41) is 25.3. The van der Waals surface area contributed by atoms with Crippen LogP contribution in [-0.4, -0.2) is 14.1 Å². The molecule has 3 heterocycles. The van der Waals surface area contributed by atoms with E-state index < -0.39 is 0 Å². The number of nitriles is 2. The standard InChI is InChI=1S/C73H47N7/c74-48-54-18-17-29-62(67(54)49-75)55-46-72(79-68-30-15-13-27-63(68)65-44-52(36-42-70(65)79)50-32-38-60(39-33-50)77(56-19-5-1-6-20-56)57-21-7-2-8-22-57)76-73(47-55)80-69-31-16-14-28-64(69)66-45-53(37-43-71(66)80)51-34-40-61(41-35-51)78(58-23-9-3-10-24-58)59-25-11-4-12-26-59/h1-47H. The first-order chi connectivity index (χ1) is 39.6. The van der Waals surface area contributed by atoms with Gasteiger partial charge in [-0.25, -0.2) is 4.98 Å². The minimum Gasteiger partial charge on any atom is -0.311 e. The van der Waals surface area contributed by atoms with E-state index in [1.54, 1.807) is 6.07 Å². The lowest BCUT2D eigenvalue weighted by atomic mass is 9.97. The third kappa shape index (κ3) is 8.27. The Bertz CT molecular complexity index is 4370. The Morgan fingerprint density at radius 1 is 0.287 bits per heavy atom. The molecular weight excluding hydrogens is 975 g/mol. The highest BCUT2D eigenvalue weighted by Gasteiger charge is 2.22. The quantitative estimate of drug-likeness (QED) is 0.129. The molecule has 0 aliphatic carbocycles. The van der Waals surface area contributed by atoms with E-state index in [1.807, 2.05) is 36.4 Å². The van der Waals surface area contributed by atoms with Crippen molar-refractivity contribution in [2.75, 3.05) is 9.80 Å². The van der Waals surface area contributed by atoms with E-state index in [0.717, 1.165) is 106 Å². The molecule has 0 saturated heterocycles. The van der Waals surface area contributed by atoms with Crippen molar-refractivity contribution in [2.24, 2.45) is 0 Å². The van der Waals surface area contributed by atoms with Gasteiger partial charge in [0.1, 0.15) is 23.8 Å². The van der Waals surface area contributed by atoms with Crippen LogP contribution in [0.3, 0.4) is 0 Å². The van der Waals surface area contributed by atoms with Crippen LogP contribution in [0.25, 0.3) is 88.6 Å². The molecular formula is C73H47N7. The van der Waals surface area contributed by atoms with Crippen molar-refractivity contribution >= 4 is 77.7 Å². The van der Waals surface area contributed by atoms with Crippen LogP contribution in [0.15, 0.2) is 285 Å². The van der Waals surface area contributed by atoms with Gasteiger partial charge in [0.05, 0.1) is 33.2 Å². The van der Waals surface area contributed by atoms with Crippen molar-refractivity contribution in [3.8, 4) is 57.2 Å². The van der Waals surface area contributed by atoms with Gasteiger partial charge < -0.3 is 9.80 Å². The molecule has 0 aliphatic heterocycles. The monoisotopic (exact) mass is 1020 g/mol. The first-order valence-corrected chi connectivity index (χ1v) is 26.6. The second-order valence-electron chi connectivity index (χ2n) is 19.8. The molecule has 0 spiro atoms. The summed E-state index contributed by atoms with van der Waals surface area (Å²) in [7, 11) is 0. The van der Waals surface area contributed by atoms with Crippen molar-refractivity contribution in [3.05, 3.63) is 296 Å². The van der Waals surface area contributed by atoms with E-state index in [9.17, 15) is 10.5 Å². The molecule has 0 radical (unpaired) electrons. The van der Waals surface area contributed by atoms with Crippen molar-refractivity contribution in [1.29, 1.82) is 10.5 Å². The van der Waals surface area contributed by atoms with E-state index in [0.29, 0.717) is 28.3 Å². The molecule has 3 aromatic heterocycles. The molecule has 0 atom stereocenters. The number of anilines is 6. The Balaban J connectivity index is 0.901. The second-order valence-corrected chi connectivity index (χ2v) is 19.8. The highest BCUT2D eigenvalue weighted by molar-refractivity contribution is 6.12. The van der Waals surface area contributed by atoms with Crippen LogP contribution in [0.2, 0.25) is 0 Å². The van der Waals surface area contributed by atoms with E-state index >= 15 is 0 Å². The highest BCUT2D eigenvalue weighted by Crippen LogP contribution is 2.42. The average Bonchev–Trinajstić information content (AvgIpc) is 4.15. The minimum absolute atomic E-state index is 0.320. The van der Waals surface area contributed by atoms with Gasteiger partial charge in [-0.15, -0.1) is 0 Å². The van der Waals surface area contributed by atoms with Gasteiger partial charge in [0.2, 0.25) is 0 Å². The van der Waals surface area contributed by atoms with Crippen LogP contribution in [0.1, 0.15) is 11.1 Å². The molecule has 7 heteroatoms. The summed E-state index contributed by atoms with van der Waals surface area (Å²) < 4.78 is 4.46. The minimum atomic E-state index is 0.320. The summed E-state index contributed by atoms with van der Waals surface area (Å²) >= 11 is 0. The highest BCUT2D eigenvalue weighted by atomic mass is 15.2. The van der Waals surface area contributed by atoms with Crippen molar-refractivity contribution in [1.82, 2.24) is 14.1 Å². The van der Waals surface area contributed by atoms with Crippen molar-refractivity contribution < 1.29 is 0 Å². The zero-order chi connectivity index (χ0) is 53.5. The first kappa shape index (κ1) is 47.2. The second kappa shape index (κ2) is 20.0. The number of rotatable bonds is 11. The molecule has 11 aromatic carbocycles. The molecule has 0 fully saturated rings. The number of nitrogens with zero attached hydrogens (tertiary/aromatic N) is 7. The lowest BCUT2D eigenvalue weighted by Gasteiger charge is -2.25. The maximum Gasteiger partial charge on any atom is 0.140 e. The van der Waals surface area contributed by atoms with E-state index in [-0.39, 0.29) is 0 Å². The SMILES string of the molecule is N#Cc1cccc(-c2cc(-n3c4ccccc4c4cc(-c5ccc(N(c6ccccc6)c6ccccc6)cc5)ccc43)nc(-n3c4ccccc4c4cc(-c5ccc(N(c6ccccc6)c6ccccc6)cc5)ccc43)c2)c1C#N. The lowest BCUT2D eigenvalue weighted by molar-refractivity contribution is 1.01. The van der Waals surface area contributed by atoms with E-state index in [1.165, 1.54) is 0 Å². The van der Waals surface area contributed by atoms with E-state index in [4.69, 9.17) is 4.98 Å². The topological polar surface area (TPSA) is 76.8 Å². The summed E-state index contributed by atoms with van der Waals surface area (Å²) in [5.74, 6) is 1.35. The fraction of sp³-hybridized carbons (Fsp3) is 0. The maximum atomic E-state index is 10.7. The smallest absolute Gasteiger partial charge is 0.140 e. The third-order valence-electron chi connectivity index (χ3n) is 15.2. The van der Waals surface area contributed by atoms with Crippen LogP contribution in [0.5, 0.6) is 0 Å². The first-order valence-electron chi connectivity index (χ1n) is 26.6. The summed E-state index contributed by atoms with van der Waals surface area (Å²) in [5.41, 5.74) is 16.9. The van der Waals surface area contributed by atoms with Crippen molar-refractivity contribution in [2.45, 2.75) is 0 Å². The third-order valence-corrected chi connectivity index (χ3v) is 15.2. The number of para-hydroxylation sites is 6. The van der Waals surface area contributed by atoms with Gasteiger partial charge >= 0.3 is 0 Å². The van der Waals surface area contributed by atoms with Gasteiger partial charge in [0.15, 0.2) is 0 Å². The molecule has 0 unspecified atom stereocenters. The average molecular weight is 1020 g/mol. The summed E-state index contributed by atoms with van der Waals surface area (Å²) in [4.78, 5) is 10.2. The van der Waals surface area contributed by atoms with Gasteiger partial charge in [0.25, 0.3) is 0 Å². The summed E-state index contributed by atoms with van der Waals surface area (Å²) in [6, 6.07) is 104. The fourth-order valence-corrected chi connectivity index (χ4v) is 11.5. The summed E-state index contributed by atoms with van der Waals surface area (Å²) in [6.07, 6.45) is 0. The maximum absolute atomic E-state index is 10.7. The Hall–Kier alpha value is -11.3. The number of hydrogen-bond donors (Lipinski definition) is 0. The molecule has 0 aliphatic rings. The fourth-order valence-electron chi connectivity index (χ4n) is 11.5. The molecule has 0 N–H and O–H groups in total. The van der Waals surface area contributed by atoms with E-state index in [2.05, 4.69) is 274 Å². The number of pyridine rings is 1. The number of aromatic nitrogens is 3. The van der Waals surface area contributed by atoms with Crippen LogP contribution in [0.4, 0.5) is 34.1 Å². The van der Waals surface area contributed by atoms with Crippen LogP contribution >= 0.6 is 0 Å². The molecule has 80 heavy (non-hydrogen) atoms. The molecule has 7 nitrogen and oxygen atoms in total. The zero-order valence-corrected chi connectivity index (χ0v) is 43.3. The largest absolute Gasteiger partial charge is 0.311 e. The van der Waals surface area contributed by atoms with Crippen LogP contribution in [-0.2, 0) is 0 Å². The predicted molar refractivity (Wildman–Crippen MR) is 328 cm³/mol. The lowest BCUT2D eigenvalue weighted by Crippen LogP contribution is -2.09. The molecule has 0 bridgehead atoms. The Morgan fingerprint density at radius 2 is 0.650 bits per heavy atom. The number of benzene rings is 11. The number of fused-ring (bicyclic) bond motifs is 6. The predicted octanol–water partition coefficient (Wildman–Crippen LogP) is 19.0. The van der Waals surface area contributed by atoms with Gasteiger partial charge in [-0.3, -0.25) is 9.13 Å². The van der Waals surface area contributed by atoms with Crippen LogP contribution < -0.4 is 9.80 Å². The van der Waals surface area contributed by atoms with Gasteiger partial charge in [-0.2, -0.15) is 10.5 Å². The van der Waals surface area contributed by atoms with Gasteiger partial charge in [-0.05, 0) is 155 Å². The van der Waals surface area contributed by atoms with Gasteiger partial charge in [-0.1, -0.05) is 158 Å². The summed E-state index contributed by atoms with van der Waals surface area (Å²) in [6.45, 7) is 0. The number of hydrogen-bond acceptors (Lipinski definition) is 5. The normalized spacial score (nSPS) is 11.2. The molecule has 374 valence electrons. The Kier molecular flexibility index (Phi) is 11.8. The molecule has 14 aromatic rings. The zero-order valence-electron chi connectivity index (χ0n) is 43.3. The molecule has 0 amide bonds. The molecule has 0 saturated carbocycles. The van der Waals surface area contributed by atoms with Crippen molar-refractivity contribution in [3.63, 3.8) is 0 Å². The van der Waals surface area contributed by atoms with Gasteiger partial charge in [0, 0.05) is 61.2 Å².